The maximum atomic E-state index is 13.4. The summed E-state index contributed by atoms with van der Waals surface area (Å²) in [4.78, 5) is 41.5. The van der Waals surface area contributed by atoms with E-state index in [1.807, 2.05) is 0 Å². The molecule has 0 aliphatic heterocycles. The summed E-state index contributed by atoms with van der Waals surface area (Å²) in [6.07, 6.45) is 0. The molecule has 0 radical (unpaired) electrons. The lowest BCUT2D eigenvalue weighted by atomic mass is 10.2. The number of hydrogen-bond donors (Lipinski definition) is 0. The van der Waals surface area contributed by atoms with Crippen LogP contribution in [0.4, 0.5) is 4.39 Å². The van der Waals surface area contributed by atoms with Crippen molar-refractivity contribution >= 4 is 22.9 Å². The first-order valence-corrected chi connectivity index (χ1v) is 7.52. The van der Waals surface area contributed by atoms with Gasteiger partial charge in [0.2, 0.25) is 5.69 Å². The molecule has 0 unspecified atom stereocenters. The average Bonchev–Trinajstić information content (AvgIpc) is 2.61. The second-order valence-electron chi connectivity index (χ2n) is 5.13. The Hall–Kier alpha value is -3.35. The molecule has 3 rings (SSSR count). The smallest absolute Gasteiger partial charge is 0.362 e. The van der Waals surface area contributed by atoms with Gasteiger partial charge in [-0.05, 0) is 37.3 Å². The van der Waals surface area contributed by atoms with Gasteiger partial charge in [0.15, 0.2) is 0 Å². The number of benzene rings is 2. The van der Waals surface area contributed by atoms with Crippen LogP contribution < -0.4 is 5.56 Å². The molecule has 0 fully saturated rings. The van der Waals surface area contributed by atoms with Crippen molar-refractivity contribution in [3.8, 4) is 0 Å². The first kappa shape index (κ1) is 16.5. The Bertz CT molecular complexity index is 1040. The summed E-state index contributed by atoms with van der Waals surface area (Å²) in [6.45, 7) is 1.65. The molecule has 25 heavy (non-hydrogen) atoms. The standard InChI is InChI=1S/C18H13FN2O4/c1-2-25-18(24)15-17(23)21(14-9-4-3-8-13(14)20-15)16(22)11-6-5-7-12(19)10-11/h3-10H,2H2,1H3. The number of para-hydroxylation sites is 2. The van der Waals surface area contributed by atoms with Crippen molar-refractivity contribution in [1.82, 2.24) is 9.55 Å². The molecule has 0 aliphatic carbocycles. The van der Waals surface area contributed by atoms with Crippen LogP contribution in [0.15, 0.2) is 53.3 Å². The molecule has 6 nitrogen and oxygen atoms in total. The molecular formula is C18H13FN2O4. The lowest BCUT2D eigenvalue weighted by molar-refractivity contribution is 0.0517. The Labute approximate surface area is 141 Å². The molecule has 3 aromatic rings. The molecule has 0 saturated carbocycles. The van der Waals surface area contributed by atoms with Crippen LogP contribution >= 0.6 is 0 Å². The van der Waals surface area contributed by atoms with Gasteiger partial charge in [-0.1, -0.05) is 18.2 Å². The Morgan fingerprint density at radius 3 is 2.64 bits per heavy atom. The van der Waals surface area contributed by atoms with E-state index in [-0.39, 0.29) is 23.2 Å². The maximum Gasteiger partial charge on any atom is 0.362 e. The lowest BCUT2D eigenvalue weighted by Crippen LogP contribution is -2.33. The molecule has 0 spiro atoms. The van der Waals surface area contributed by atoms with E-state index in [9.17, 15) is 18.8 Å². The van der Waals surface area contributed by atoms with Crippen molar-refractivity contribution in [2.75, 3.05) is 6.61 Å². The molecule has 0 bridgehead atoms. The first-order chi connectivity index (χ1) is 12.0. The van der Waals surface area contributed by atoms with Crippen molar-refractivity contribution in [3.05, 3.63) is 76.0 Å². The highest BCUT2D eigenvalue weighted by Crippen LogP contribution is 2.13. The average molecular weight is 340 g/mol. The molecule has 0 amide bonds. The molecule has 126 valence electrons. The third-order valence-electron chi connectivity index (χ3n) is 3.50. The summed E-state index contributed by atoms with van der Waals surface area (Å²) < 4.78 is 19.1. The first-order valence-electron chi connectivity index (χ1n) is 7.52. The number of fused-ring (bicyclic) bond motifs is 1. The molecule has 0 atom stereocenters. The molecule has 0 N–H and O–H groups in total. The van der Waals surface area contributed by atoms with Crippen molar-refractivity contribution in [2.24, 2.45) is 0 Å². The summed E-state index contributed by atoms with van der Waals surface area (Å²) in [6, 6.07) is 11.3. The highest BCUT2D eigenvalue weighted by atomic mass is 19.1. The fourth-order valence-electron chi connectivity index (χ4n) is 2.42. The summed E-state index contributed by atoms with van der Waals surface area (Å²) in [5.74, 6) is -2.28. The molecule has 1 aromatic heterocycles. The Morgan fingerprint density at radius 1 is 1.16 bits per heavy atom. The van der Waals surface area contributed by atoms with Crippen molar-refractivity contribution in [1.29, 1.82) is 0 Å². The summed E-state index contributed by atoms with van der Waals surface area (Å²) in [5.41, 5.74) is -0.935. The van der Waals surface area contributed by atoms with Crippen molar-refractivity contribution in [2.45, 2.75) is 6.92 Å². The largest absolute Gasteiger partial charge is 0.461 e. The second-order valence-corrected chi connectivity index (χ2v) is 5.13. The Balaban J connectivity index is 2.29. The Kier molecular flexibility index (Phi) is 4.38. The van der Waals surface area contributed by atoms with Crippen LogP contribution in [-0.4, -0.2) is 28.0 Å². The Morgan fingerprint density at radius 2 is 1.92 bits per heavy atom. The molecule has 7 heteroatoms. The normalized spacial score (nSPS) is 10.6. The highest BCUT2D eigenvalue weighted by Gasteiger charge is 2.22. The van der Waals surface area contributed by atoms with Gasteiger partial charge in [0.05, 0.1) is 17.6 Å². The number of hydrogen-bond acceptors (Lipinski definition) is 5. The quantitative estimate of drug-likeness (QED) is 0.684. The predicted molar refractivity (Wildman–Crippen MR) is 88.1 cm³/mol. The van der Waals surface area contributed by atoms with Gasteiger partial charge in [-0.3, -0.25) is 9.59 Å². The summed E-state index contributed by atoms with van der Waals surface area (Å²) in [7, 11) is 0. The van der Waals surface area contributed by atoms with E-state index in [0.717, 1.165) is 10.6 Å². The number of ether oxygens (including phenoxy) is 1. The van der Waals surface area contributed by atoms with Gasteiger partial charge < -0.3 is 4.74 Å². The van der Waals surface area contributed by atoms with Gasteiger partial charge in [0.1, 0.15) is 5.82 Å². The third kappa shape index (κ3) is 3.03. The van der Waals surface area contributed by atoms with Crippen LogP contribution in [0.5, 0.6) is 0 Å². The van der Waals surface area contributed by atoms with Gasteiger partial charge in [0.25, 0.3) is 11.5 Å². The number of aromatic nitrogens is 2. The minimum atomic E-state index is -0.918. The molecule has 1 heterocycles. The third-order valence-corrected chi connectivity index (χ3v) is 3.50. The van der Waals surface area contributed by atoms with Crippen LogP contribution in [0.25, 0.3) is 11.0 Å². The van der Waals surface area contributed by atoms with E-state index in [2.05, 4.69) is 4.98 Å². The lowest BCUT2D eigenvalue weighted by Gasteiger charge is -2.10. The van der Waals surface area contributed by atoms with E-state index >= 15 is 0 Å². The van der Waals surface area contributed by atoms with Gasteiger partial charge in [-0.15, -0.1) is 0 Å². The predicted octanol–water partition coefficient (Wildman–Crippen LogP) is 2.40. The number of nitrogens with zero attached hydrogens (tertiary/aromatic N) is 2. The van der Waals surface area contributed by atoms with Crippen LogP contribution in [0.1, 0.15) is 27.8 Å². The fraction of sp³-hybridized carbons (Fsp3) is 0.111. The monoisotopic (exact) mass is 340 g/mol. The topological polar surface area (TPSA) is 78.3 Å². The highest BCUT2D eigenvalue weighted by molar-refractivity contribution is 6.02. The van der Waals surface area contributed by atoms with Crippen LogP contribution in [-0.2, 0) is 4.74 Å². The van der Waals surface area contributed by atoms with Crippen molar-refractivity contribution in [3.63, 3.8) is 0 Å². The van der Waals surface area contributed by atoms with E-state index < -0.39 is 28.9 Å². The number of carbonyl (C=O) groups is 2. The van der Waals surface area contributed by atoms with Gasteiger partial charge in [-0.25, -0.2) is 18.7 Å². The van der Waals surface area contributed by atoms with Gasteiger partial charge >= 0.3 is 5.97 Å². The maximum absolute atomic E-state index is 13.4. The summed E-state index contributed by atoms with van der Waals surface area (Å²) in [5, 5.41) is 0. The van der Waals surface area contributed by atoms with Gasteiger partial charge in [0, 0.05) is 5.56 Å². The zero-order chi connectivity index (χ0) is 18.0. The molecule has 0 aliphatic rings. The number of esters is 1. The zero-order valence-corrected chi connectivity index (χ0v) is 13.2. The van der Waals surface area contributed by atoms with Crippen LogP contribution in [0.3, 0.4) is 0 Å². The van der Waals surface area contributed by atoms with Crippen LogP contribution in [0.2, 0.25) is 0 Å². The van der Waals surface area contributed by atoms with Crippen LogP contribution in [0, 0.1) is 5.82 Å². The van der Waals surface area contributed by atoms with E-state index in [0.29, 0.717) is 0 Å². The molecule has 0 saturated heterocycles. The molecular weight excluding hydrogens is 327 g/mol. The minimum absolute atomic E-state index is 0.0201. The fourth-order valence-corrected chi connectivity index (χ4v) is 2.42. The summed E-state index contributed by atoms with van der Waals surface area (Å²) >= 11 is 0. The van der Waals surface area contributed by atoms with Crippen molar-refractivity contribution < 1.29 is 18.7 Å². The zero-order valence-electron chi connectivity index (χ0n) is 13.2. The minimum Gasteiger partial charge on any atom is -0.461 e. The number of carbonyl (C=O) groups excluding carboxylic acids is 2. The van der Waals surface area contributed by atoms with Gasteiger partial charge in [-0.2, -0.15) is 0 Å². The van der Waals surface area contributed by atoms with E-state index in [1.54, 1.807) is 25.1 Å². The second kappa shape index (κ2) is 6.64. The number of rotatable bonds is 3. The molecule has 2 aromatic carbocycles. The van der Waals surface area contributed by atoms with E-state index in [1.165, 1.54) is 24.3 Å². The SMILES string of the molecule is CCOC(=O)c1nc2ccccc2n(C(=O)c2cccc(F)c2)c1=O. The number of halogens is 1. The van der Waals surface area contributed by atoms with E-state index in [4.69, 9.17) is 4.74 Å².